The van der Waals surface area contributed by atoms with Gasteiger partial charge in [0.15, 0.2) is 0 Å². The van der Waals surface area contributed by atoms with Crippen molar-refractivity contribution in [2.75, 3.05) is 13.6 Å². The summed E-state index contributed by atoms with van der Waals surface area (Å²) in [5.41, 5.74) is 8.93. The van der Waals surface area contributed by atoms with Crippen LogP contribution in [0.1, 0.15) is 17.5 Å². The van der Waals surface area contributed by atoms with E-state index < -0.39 is 0 Å². The second-order valence-electron chi connectivity index (χ2n) is 4.18. The molecule has 0 aromatic heterocycles. The van der Waals surface area contributed by atoms with Crippen molar-refractivity contribution in [1.82, 2.24) is 5.32 Å². The van der Waals surface area contributed by atoms with Crippen molar-refractivity contribution in [3.63, 3.8) is 0 Å². The molecule has 76 valence electrons. The van der Waals surface area contributed by atoms with Crippen molar-refractivity contribution in [2.45, 2.75) is 24.8 Å². The number of hydrogen-bond donors (Lipinski definition) is 2. The Bertz CT molecular complexity index is 316. The standard InChI is InChI=1S/C12H18N2/c1-14-12(9-13)7-6-10-4-2-3-5-11(10)8-12/h2-5,14H,6-9,13H2,1H3. The molecule has 2 rings (SSSR count). The SMILES string of the molecule is CNC1(CN)CCc2ccccc2C1. The lowest BCUT2D eigenvalue weighted by Gasteiger charge is -2.37. The number of benzene rings is 1. The van der Waals surface area contributed by atoms with E-state index in [1.54, 1.807) is 0 Å². The summed E-state index contributed by atoms with van der Waals surface area (Å²) in [7, 11) is 2.01. The smallest absolute Gasteiger partial charge is 0.0345 e. The highest BCUT2D eigenvalue weighted by Crippen LogP contribution is 2.27. The summed E-state index contributed by atoms with van der Waals surface area (Å²) in [4.78, 5) is 0. The zero-order valence-electron chi connectivity index (χ0n) is 8.72. The number of rotatable bonds is 2. The van der Waals surface area contributed by atoms with E-state index in [1.165, 1.54) is 11.1 Å². The molecule has 1 aromatic rings. The van der Waals surface area contributed by atoms with Gasteiger partial charge in [0, 0.05) is 12.1 Å². The average Bonchev–Trinajstić information content (AvgIpc) is 2.28. The van der Waals surface area contributed by atoms with E-state index in [-0.39, 0.29) is 5.54 Å². The monoisotopic (exact) mass is 190 g/mol. The maximum atomic E-state index is 5.84. The second-order valence-corrected chi connectivity index (χ2v) is 4.18. The topological polar surface area (TPSA) is 38.0 Å². The van der Waals surface area contributed by atoms with E-state index in [1.807, 2.05) is 7.05 Å². The predicted octanol–water partition coefficient (Wildman–Crippen LogP) is 1.09. The van der Waals surface area contributed by atoms with Crippen LogP contribution in [0.3, 0.4) is 0 Å². The Balaban J connectivity index is 2.28. The van der Waals surface area contributed by atoms with E-state index in [0.717, 1.165) is 25.8 Å². The van der Waals surface area contributed by atoms with Crippen molar-refractivity contribution < 1.29 is 0 Å². The van der Waals surface area contributed by atoms with Crippen LogP contribution < -0.4 is 11.1 Å². The fourth-order valence-electron chi connectivity index (χ4n) is 2.29. The highest BCUT2D eigenvalue weighted by molar-refractivity contribution is 5.32. The summed E-state index contributed by atoms with van der Waals surface area (Å²) in [6.07, 6.45) is 3.36. The fraction of sp³-hybridized carbons (Fsp3) is 0.500. The van der Waals surface area contributed by atoms with E-state index in [2.05, 4.69) is 29.6 Å². The minimum atomic E-state index is 0.133. The summed E-state index contributed by atoms with van der Waals surface area (Å²) in [6.45, 7) is 0.720. The van der Waals surface area contributed by atoms with E-state index in [9.17, 15) is 0 Å². The largest absolute Gasteiger partial charge is 0.329 e. The molecule has 0 spiro atoms. The van der Waals surface area contributed by atoms with E-state index in [0.29, 0.717) is 0 Å². The first-order chi connectivity index (χ1) is 6.79. The molecule has 0 saturated carbocycles. The fourth-order valence-corrected chi connectivity index (χ4v) is 2.29. The van der Waals surface area contributed by atoms with E-state index >= 15 is 0 Å². The molecule has 14 heavy (non-hydrogen) atoms. The molecule has 1 aliphatic carbocycles. The zero-order chi connectivity index (χ0) is 10.0. The average molecular weight is 190 g/mol. The van der Waals surface area contributed by atoms with Crippen LogP contribution in [0.25, 0.3) is 0 Å². The van der Waals surface area contributed by atoms with Crippen LogP contribution in [-0.2, 0) is 12.8 Å². The van der Waals surface area contributed by atoms with Crippen molar-refractivity contribution in [3.05, 3.63) is 35.4 Å². The molecule has 2 nitrogen and oxygen atoms in total. The number of hydrogen-bond acceptors (Lipinski definition) is 2. The van der Waals surface area contributed by atoms with Crippen molar-refractivity contribution in [3.8, 4) is 0 Å². The normalized spacial score (nSPS) is 25.9. The van der Waals surface area contributed by atoms with Gasteiger partial charge in [0.25, 0.3) is 0 Å². The van der Waals surface area contributed by atoms with Gasteiger partial charge in [0.1, 0.15) is 0 Å². The zero-order valence-corrected chi connectivity index (χ0v) is 8.72. The molecule has 2 heteroatoms. The number of nitrogens with two attached hydrogens (primary N) is 1. The molecule has 1 unspecified atom stereocenters. The van der Waals surface area contributed by atoms with Crippen molar-refractivity contribution in [2.24, 2.45) is 5.73 Å². The molecular formula is C12H18N2. The molecule has 0 amide bonds. The van der Waals surface area contributed by atoms with Gasteiger partial charge in [-0.2, -0.15) is 0 Å². The maximum Gasteiger partial charge on any atom is 0.0345 e. The number of fused-ring (bicyclic) bond motifs is 1. The van der Waals surface area contributed by atoms with Gasteiger partial charge in [-0.05, 0) is 37.4 Å². The van der Waals surface area contributed by atoms with Gasteiger partial charge in [-0.15, -0.1) is 0 Å². The Kier molecular flexibility index (Phi) is 2.57. The van der Waals surface area contributed by atoms with Crippen LogP contribution in [0.4, 0.5) is 0 Å². The van der Waals surface area contributed by atoms with Crippen LogP contribution in [0.15, 0.2) is 24.3 Å². The molecule has 1 aromatic carbocycles. The summed E-state index contributed by atoms with van der Waals surface area (Å²) >= 11 is 0. The Morgan fingerprint density at radius 2 is 2.07 bits per heavy atom. The second kappa shape index (κ2) is 3.71. The third-order valence-corrected chi connectivity index (χ3v) is 3.44. The molecule has 3 N–H and O–H groups in total. The first kappa shape index (κ1) is 9.69. The number of likely N-dealkylation sites (N-methyl/N-ethyl adjacent to an activating group) is 1. The predicted molar refractivity (Wildman–Crippen MR) is 59.3 cm³/mol. The summed E-state index contributed by atoms with van der Waals surface area (Å²) in [5.74, 6) is 0. The maximum absolute atomic E-state index is 5.84. The highest BCUT2D eigenvalue weighted by Gasteiger charge is 2.30. The van der Waals surface area contributed by atoms with Crippen LogP contribution >= 0.6 is 0 Å². The first-order valence-electron chi connectivity index (χ1n) is 5.25. The lowest BCUT2D eigenvalue weighted by molar-refractivity contribution is 0.316. The first-order valence-corrected chi connectivity index (χ1v) is 5.25. The Labute approximate surface area is 85.5 Å². The highest BCUT2D eigenvalue weighted by atomic mass is 15.0. The van der Waals surface area contributed by atoms with Gasteiger partial charge in [0.2, 0.25) is 0 Å². The Morgan fingerprint density at radius 3 is 2.71 bits per heavy atom. The summed E-state index contributed by atoms with van der Waals surface area (Å²) in [5, 5.41) is 3.38. The van der Waals surface area contributed by atoms with Gasteiger partial charge in [-0.3, -0.25) is 0 Å². The van der Waals surface area contributed by atoms with Crippen molar-refractivity contribution >= 4 is 0 Å². The third-order valence-electron chi connectivity index (χ3n) is 3.44. The molecule has 1 atom stereocenters. The molecule has 0 heterocycles. The van der Waals surface area contributed by atoms with Crippen molar-refractivity contribution in [1.29, 1.82) is 0 Å². The van der Waals surface area contributed by atoms with Gasteiger partial charge < -0.3 is 11.1 Å². The molecular weight excluding hydrogens is 172 g/mol. The quantitative estimate of drug-likeness (QED) is 0.732. The van der Waals surface area contributed by atoms with Crippen LogP contribution in [0.2, 0.25) is 0 Å². The third kappa shape index (κ3) is 1.56. The molecule has 0 fully saturated rings. The summed E-state index contributed by atoms with van der Waals surface area (Å²) in [6, 6.07) is 8.68. The number of aryl methyl sites for hydroxylation is 1. The Morgan fingerprint density at radius 1 is 1.36 bits per heavy atom. The van der Waals surface area contributed by atoms with Gasteiger partial charge >= 0.3 is 0 Å². The minimum Gasteiger partial charge on any atom is -0.329 e. The van der Waals surface area contributed by atoms with Gasteiger partial charge in [0.05, 0.1) is 0 Å². The molecule has 0 bridgehead atoms. The minimum absolute atomic E-state index is 0.133. The van der Waals surface area contributed by atoms with Gasteiger partial charge in [-0.25, -0.2) is 0 Å². The molecule has 0 radical (unpaired) electrons. The van der Waals surface area contributed by atoms with E-state index in [4.69, 9.17) is 5.73 Å². The Hall–Kier alpha value is -0.860. The van der Waals surface area contributed by atoms with Crippen LogP contribution in [-0.4, -0.2) is 19.1 Å². The summed E-state index contributed by atoms with van der Waals surface area (Å²) < 4.78 is 0. The lowest BCUT2D eigenvalue weighted by Crippen LogP contribution is -2.53. The van der Waals surface area contributed by atoms with Gasteiger partial charge in [-0.1, -0.05) is 24.3 Å². The van der Waals surface area contributed by atoms with Crippen LogP contribution in [0, 0.1) is 0 Å². The lowest BCUT2D eigenvalue weighted by atomic mass is 9.78. The number of nitrogens with one attached hydrogen (secondary N) is 1. The van der Waals surface area contributed by atoms with Crippen LogP contribution in [0.5, 0.6) is 0 Å². The molecule has 0 saturated heterocycles. The molecule has 1 aliphatic rings. The molecule has 0 aliphatic heterocycles.